The van der Waals surface area contributed by atoms with E-state index in [0.717, 1.165) is 13.2 Å². The molecule has 90 valence electrons. The summed E-state index contributed by atoms with van der Waals surface area (Å²) in [4.78, 5) is 4.99. The fraction of sp³-hybridized carbons (Fsp3) is 1.00. The Morgan fingerprint density at radius 3 is 2.33 bits per heavy atom. The fourth-order valence-corrected chi connectivity index (χ4v) is 1.96. The Balaban J connectivity index is 2.04. The summed E-state index contributed by atoms with van der Waals surface area (Å²) in [5.74, 6) is 0.598. The average Bonchev–Trinajstić information content (AvgIpc) is 2.25. The maximum absolute atomic E-state index is 5.53. The molecule has 0 saturated carbocycles. The van der Waals surface area contributed by atoms with E-state index in [4.69, 9.17) is 16.3 Å². The van der Waals surface area contributed by atoms with Gasteiger partial charge in [-0.2, -0.15) is 0 Å². The Hall–Kier alpha value is 0.170. The minimum absolute atomic E-state index is 0.598. The highest BCUT2D eigenvalue weighted by Gasteiger charge is 2.17. The van der Waals surface area contributed by atoms with Crippen LogP contribution in [-0.4, -0.2) is 67.7 Å². The highest BCUT2D eigenvalue weighted by molar-refractivity contribution is 6.17. The summed E-state index contributed by atoms with van der Waals surface area (Å²) >= 11 is 5.53. The maximum Gasteiger partial charge on any atom is 0.0602 e. The van der Waals surface area contributed by atoms with E-state index < -0.39 is 0 Å². The Bertz CT molecular complexity index is 159. The summed E-state index contributed by atoms with van der Waals surface area (Å²) in [6, 6.07) is 0.680. The van der Waals surface area contributed by atoms with Gasteiger partial charge < -0.3 is 4.74 Å². The average molecular weight is 235 g/mol. The van der Waals surface area contributed by atoms with Crippen LogP contribution in [0.3, 0.4) is 0 Å². The Labute approximate surface area is 98.3 Å². The van der Waals surface area contributed by atoms with E-state index in [9.17, 15) is 0 Å². The Morgan fingerprint density at radius 2 is 1.80 bits per heavy atom. The van der Waals surface area contributed by atoms with Gasteiger partial charge in [0.05, 0.1) is 13.2 Å². The van der Waals surface area contributed by atoms with Crippen molar-refractivity contribution >= 4 is 11.6 Å². The lowest BCUT2D eigenvalue weighted by Crippen LogP contribution is -2.49. The second-order valence-electron chi connectivity index (χ2n) is 4.27. The van der Waals surface area contributed by atoms with Crippen LogP contribution in [0, 0.1) is 0 Å². The molecule has 0 bridgehead atoms. The van der Waals surface area contributed by atoms with Gasteiger partial charge in [-0.15, -0.1) is 11.6 Å². The normalized spacial score (nSPS) is 20.0. The topological polar surface area (TPSA) is 15.7 Å². The van der Waals surface area contributed by atoms with Crippen molar-refractivity contribution in [1.82, 2.24) is 9.80 Å². The molecule has 1 rings (SSSR count). The molecule has 0 atom stereocenters. The molecular formula is C11H23ClN2O. The molecule has 15 heavy (non-hydrogen) atoms. The van der Waals surface area contributed by atoms with Gasteiger partial charge in [-0.05, 0) is 13.8 Å². The van der Waals surface area contributed by atoms with Crippen molar-refractivity contribution in [2.75, 3.05) is 51.8 Å². The molecule has 3 nitrogen and oxygen atoms in total. The van der Waals surface area contributed by atoms with Crippen molar-refractivity contribution in [1.29, 1.82) is 0 Å². The van der Waals surface area contributed by atoms with Gasteiger partial charge >= 0.3 is 0 Å². The molecule has 1 saturated heterocycles. The Morgan fingerprint density at radius 1 is 1.13 bits per heavy atom. The van der Waals surface area contributed by atoms with Gasteiger partial charge in [-0.25, -0.2) is 0 Å². The number of alkyl halides is 1. The second kappa shape index (κ2) is 7.44. The van der Waals surface area contributed by atoms with Crippen LogP contribution < -0.4 is 0 Å². The second-order valence-corrected chi connectivity index (χ2v) is 4.65. The quantitative estimate of drug-likeness (QED) is 0.509. The van der Waals surface area contributed by atoms with Crippen LogP contribution in [0.1, 0.15) is 13.8 Å². The van der Waals surface area contributed by atoms with E-state index in [1.54, 1.807) is 0 Å². The number of rotatable bonds is 6. The van der Waals surface area contributed by atoms with Crippen LogP contribution in [0.15, 0.2) is 0 Å². The molecular weight excluding hydrogens is 212 g/mol. The molecule has 0 aromatic carbocycles. The first-order valence-corrected chi connectivity index (χ1v) is 6.37. The lowest BCUT2D eigenvalue weighted by molar-refractivity contribution is 0.0712. The summed E-state index contributed by atoms with van der Waals surface area (Å²) in [6.45, 7) is 11.8. The molecule has 1 aliphatic heterocycles. The first kappa shape index (κ1) is 13.2. The maximum atomic E-state index is 5.53. The third-order valence-electron chi connectivity index (χ3n) is 2.91. The van der Waals surface area contributed by atoms with E-state index >= 15 is 0 Å². The molecule has 0 aromatic heterocycles. The largest absolute Gasteiger partial charge is 0.379 e. The third-order valence-corrected chi connectivity index (χ3v) is 3.06. The zero-order valence-electron chi connectivity index (χ0n) is 9.91. The van der Waals surface area contributed by atoms with Crippen molar-refractivity contribution in [3.05, 3.63) is 0 Å². The minimum Gasteiger partial charge on any atom is -0.379 e. The molecule has 0 amide bonds. The van der Waals surface area contributed by atoms with Crippen molar-refractivity contribution in [2.45, 2.75) is 19.9 Å². The lowest BCUT2D eigenvalue weighted by atomic mass is 10.2. The summed E-state index contributed by atoms with van der Waals surface area (Å²) in [5, 5.41) is 0. The van der Waals surface area contributed by atoms with Crippen molar-refractivity contribution in [2.24, 2.45) is 0 Å². The van der Waals surface area contributed by atoms with Gasteiger partial charge in [-0.1, -0.05) is 0 Å². The van der Waals surface area contributed by atoms with Gasteiger partial charge in [0.25, 0.3) is 0 Å². The monoisotopic (exact) mass is 234 g/mol. The number of nitrogens with zero attached hydrogens (tertiary/aromatic N) is 2. The van der Waals surface area contributed by atoms with E-state index in [1.165, 1.54) is 26.2 Å². The molecule has 0 aliphatic carbocycles. The molecule has 1 heterocycles. The number of hydrogen-bond donors (Lipinski definition) is 0. The van der Waals surface area contributed by atoms with Crippen LogP contribution in [0.25, 0.3) is 0 Å². The van der Waals surface area contributed by atoms with E-state index in [1.807, 2.05) is 0 Å². The molecule has 0 aromatic rings. The zero-order chi connectivity index (χ0) is 11.1. The van der Waals surface area contributed by atoms with E-state index in [-0.39, 0.29) is 0 Å². The summed E-state index contributed by atoms with van der Waals surface area (Å²) in [7, 11) is 0. The van der Waals surface area contributed by atoms with E-state index in [2.05, 4.69) is 23.6 Å². The molecule has 0 N–H and O–H groups in total. The zero-order valence-corrected chi connectivity index (χ0v) is 10.7. The molecule has 1 fully saturated rings. The highest BCUT2D eigenvalue weighted by atomic mass is 35.5. The van der Waals surface area contributed by atoms with Gasteiger partial charge in [0.15, 0.2) is 0 Å². The number of piperazine rings is 1. The van der Waals surface area contributed by atoms with Crippen LogP contribution >= 0.6 is 11.6 Å². The molecule has 4 heteroatoms. The molecule has 0 radical (unpaired) electrons. The van der Waals surface area contributed by atoms with E-state index in [0.29, 0.717) is 18.5 Å². The Kier molecular flexibility index (Phi) is 6.57. The number of halogens is 1. The molecule has 0 spiro atoms. The van der Waals surface area contributed by atoms with Crippen LogP contribution in [0.4, 0.5) is 0 Å². The summed E-state index contributed by atoms with van der Waals surface area (Å²) in [6.07, 6.45) is 0. The third kappa shape index (κ3) is 5.16. The van der Waals surface area contributed by atoms with Crippen molar-refractivity contribution in [3.8, 4) is 0 Å². The molecule has 0 unspecified atom stereocenters. The van der Waals surface area contributed by atoms with Crippen LogP contribution in [-0.2, 0) is 4.74 Å². The fourth-order valence-electron chi connectivity index (χ4n) is 1.85. The first-order valence-electron chi connectivity index (χ1n) is 5.84. The standard InChI is InChI=1S/C11H23ClN2O/c1-11(2)14-6-4-13(5-7-14)8-10-15-9-3-12/h11H,3-10H2,1-2H3. The number of hydrogen-bond acceptors (Lipinski definition) is 3. The summed E-state index contributed by atoms with van der Waals surface area (Å²) in [5.41, 5.74) is 0. The lowest BCUT2D eigenvalue weighted by Gasteiger charge is -2.36. The van der Waals surface area contributed by atoms with Gasteiger partial charge in [0, 0.05) is 44.6 Å². The minimum atomic E-state index is 0.598. The van der Waals surface area contributed by atoms with Gasteiger partial charge in [-0.3, -0.25) is 9.80 Å². The van der Waals surface area contributed by atoms with Crippen molar-refractivity contribution < 1.29 is 4.74 Å². The van der Waals surface area contributed by atoms with Crippen LogP contribution in [0.5, 0.6) is 0 Å². The van der Waals surface area contributed by atoms with Gasteiger partial charge in [0.2, 0.25) is 0 Å². The number of ether oxygens (including phenoxy) is 1. The van der Waals surface area contributed by atoms with Crippen LogP contribution in [0.2, 0.25) is 0 Å². The molecule has 1 aliphatic rings. The smallest absolute Gasteiger partial charge is 0.0602 e. The van der Waals surface area contributed by atoms with Crippen molar-refractivity contribution in [3.63, 3.8) is 0 Å². The predicted octanol–water partition coefficient (Wildman–Crippen LogP) is 1.27. The summed E-state index contributed by atoms with van der Waals surface area (Å²) < 4.78 is 5.37. The van der Waals surface area contributed by atoms with Gasteiger partial charge in [0.1, 0.15) is 0 Å². The SMILES string of the molecule is CC(C)N1CCN(CCOCCCl)CC1. The highest BCUT2D eigenvalue weighted by Crippen LogP contribution is 2.05. The first-order chi connectivity index (χ1) is 7.24. The predicted molar refractivity (Wildman–Crippen MR) is 64.7 cm³/mol.